The number of nitrogens with zero attached hydrogens (tertiary/aromatic N) is 2. The van der Waals surface area contributed by atoms with Crippen molar-refractivity contribution in [2.45, 2.75) is 69.4 Å². The highest BCUT2D eigenvalue weighted by Gasteiger charge is 2.37. The average Bonchev–Trinajstić information content (AvgIpc) is 2.67. The minimum absolute atomic E-state index is 0.0578. The predicted octanol–water partition coefficient (Wildman–Crippen LogP) is 1.51. The maximum absolute atomic E-state index is 12.9. The fourth-order valence-electron chi connectivity index (χ4n) is 2.83. The number of aliphatic hydroxyl groups is 1. The van der Waals surface area contributed by atoms with Crippen molar-refractivity contribution in [1.29, 1.82) is 0 Å². The highest BCUT2D eigenvalue weighted by molar-refractivity contribution is 7.89. The van der Waals surface area contributed by atoms with Crippen molar-refractivity contribution < 1.29 is 23.1 Å². The van der Waals surface area contributed by atoms with Crippen molar-refractivity contribution in [3.05, 3.63) is 24.4 Å². The molecule has 8 nitrogen and oxygen atoms in total. The average molecular weight is 385 g/mol. The smallest absolute Gasteiger partial charge is 0.407 e. The minimum atomic E-state index is -3.83. The zero-order valence-corrected chi connectivity index (χ0v) is 16.4. The molecule has 0 bridgehead atoms. The minimum Gasteiger partial charge on any atom is -0.444 e. The highest BCUT2D eigenvalue weighted by atomic mass is 32.2. The molecule has 0 saturated carbocycles. The molecular formula is C17H27N3O5S. The van der Waals surface area contributed by atoms with Crippen molar-refractivity contribution >= 4 is 16.1 Å². The van der Waals surface area contributed by atoms with Gasteiger partial charge in [0.2, 0.25) is 0 Å². The van der Waals surface area contributed by atoms with E-state index in [1.807, 2.05) is 0 Å². The van der Waals surface area contributed by atoms with Gasteiger partial charge in [0, 0.05) is 18.8 Å². The van der Waals surface area contributed by atoms with Crippen molar-refractivity contribution in [2.75, 3.05) is 6.54 Å². The number of sulfonamides is 1. The van der Waals surface area contributed by atoms with Crippen LogP contribution in [0, 0.1) is 0 Å². The molecule has 1 aromatic heterocycles. The van der Waals surface area contributed by atoms with Gasteiger partial charge in [-0.05, 0) is 52.7 Å². The number of alkyl carbamates (subject to hydrolysis) is 1. The lowest BCUT2D eigenvalue weighted by atomic mass is 10.1. The molecule has 9 heteroatoms. The van der Waals surface area contributed by atoms with Crippen molar-refractivity contribution in [1.82, 2.24) is 14.6 Å². The van der Waals surface area contributed by atoms with Gasteiger partial charge in [-0.15, -0.1) is 0 Å². The number of rotatable bonds is 3. The van der Waals surface area contributed by atoms with E-state index in [-0.39, 0.29) is 17.6 Å². The van der Waals surface area contributed by atoms with Crippen molar-refractivity contribution in [3.8, 4) is 0 Å². The Hall–Kier alpha value is -1.71. The van der Waals surface area contributed by atoms with E-state index >= 15 is 0 Å². The molecule has 0 spiro atoms. The number of carbonyl (C=O) groups excluding carboxylic acids is 1. The summed E-state index contributed by atoms with van der Waals surface area (Å²) >= 11 is 0. The van der Waals surface area contributed by atoms with Crippen LogP contribution in [0.1, 0.15) is 40.5 Å². The van der Waals surface area contributed by atoms with E-state index < -0.39 is 33.9 Å². The van der Waals surface area contributed by atoms with Gasteiger partial charge >= 0.3 is 6.09 Å². The Balaban J connectivity index is 2.14. The zero-order chi connectivity index (χ0) is 19.5. The maximum Gasteiger partial charge on any atom is 0.407 e. The Morgan fingerprint density at radius 1 is 1.35 bits per heavy atom. The molecule has 0 unspecified atom stereocenters. The number of aromatic nitrogens is 1. The highest BCUT2D eigenvalue weighted by Crippen LogP contribution is 2.24. The van der Waals surface area contributed by atoms with Gasteiger partial charge in [-0.25, -0.2) is 18.2 Å². The summed E-state index contributed by atoms with van der Waals surface area (Å²) in [5.74, 6) is 0. The third-order valence-corrected chi connectivity index (χ3v) is 6.03. The van der Waals surface area contributed by atoms with Crippen LogP contribution in [-0.4, -0.2) is 59.2 Å². The molecule has 26 heavy (non-hydrogen) atoms. The van der Waals surface area contributed by atoms with E-state index in [4.69, 9.17) is 4.74 Å². The van der Waals surface area contributed by atoms with Gasteiger partial charge in [-0.2, -0.15) is 4.31 Å². The van der Waals surface area contributed by atoms with Crippen LogP contribution < -0.4 is 5.32 Å². The van der Waals surface area contributed by atoms with E-state index in [1.165, 1.54) is 16.6 Å². The van der Waals surface area contributed by atoms with Crippen LogP contribution in [0.2, 0.25) is 0 Å². The first-order valence-electron chi connectivity index (χ1n) is 8.61. The van der Waals surface area contributed by atoms with Gasteiger partial charge in [-0.1, -0.05) is 6.07 Å². The Labute approximate surface area is 154 Å². The van der Waals surface area contributed by atoms with Gasteiger partial charge in [0.1, 0.15) is 5.60 Å². The van der Waals surface area contributed by atoms with Crippen LogP contribution in [0.3, 0.4) is 0 Å². The molecule has 0 aliphatic carbocycles. The van der Waals surface area contributed by atoms with Crippen LogP contribution in [0.5, 0.6) is 0 Å². The molecule has 146 valence electrons. The van der Waals surface area contributed by atoms with Crippen molar-refractivity contribution in [2.24, 2.45) is 0 Å². The number of nitrogens with one attached hydrogen (secondary N) is 1. The number of amides is 1. The fraction of sp³-hybridized carbons (Fsp3) is 0.647. The number of hydrogen-bond acceptors (Lipinski definition) is 6. The summed E-state index contributed by atoms with van der Waals surface area (Å²) in [5.41, 5.74) is -0.651. The number of hydrogen-bond donors (Lipinski definition) is 2. The van der Waals surface area contributed by atoms with Crippen LogP contribution in [0.4, 0.5) is 4.79 Å². The summed E-state index contributed by atoms with van der Waals surface area (Å²) in [6, 6.07) is 3.75. The fourth-order valence-corrected chi connectivity index (χ4v) is 4.44. The third kappa shape index (κ3) is 5.15. The van der Waals surface area contributed by atoms with E-state index in [9.17, 15) is 18.3 Å². The second kappa shape index (κ2) is 7.89. The molecule has 2 N–H and O–H groups in total. The largest absolute Gasteiger partial charge is 0.444 e. The summed E-state index contributed by atoms with van der Waals surface area (Å²) in [6.45, 7) is 6.90. The van der Waals surface area contributed by atoms with Gasteiger partial charge in [0.05, 0.1) is 12.1 Å². The SMILES string of the molecule is C[C@@H]1CC[C@@H](NC(=O)OC(C)(C)C)[C@@H](O)CN1S(=O)(=O)c1ccccn1. The Kier molecular flexibility index (Phi) is 6.25. The second-order valence-corrected chi connectivity index (χ2v) is 9.33. The third-order valence-electron chi connectivity index (χ3n) is 4.13. The van der Waals surface area contributed by atoms with Gasteiger partial charge < -0.3 is 15.2 Å². The molecule has 3 atom stereocenters. The molecule has 2 rings (SSSR count). The Morgan fingerprint density at radius 3 is 2.62 bits per heavy atom. The topological polar surface area (TPSA) is 109 Å². The molecule has 0 aromatic carbocycles. The number of carbonyl (C=O) groups is 1. The molecule has 1 aliphatic heterocycles. The lowest BCUT2D eigenvalue weighted by Crippen LogP contribution is -2.49. The van der Waals surface area contributed by atoms with Gasteiger partial charge in [-0.3, -0.25) is 0 Å². The van der Waals surface area contributed by atoms with E-state index in [0.29, 0.717) is 12.8 Å². The normalized spacial score (nSPS) is 25.3. The van der Waals surface area contributed by atoms with Crippen LogP contribution in [-0.2, 0) is 14.8 Å². The molecular weight excluding hydrogens is 358 g/mol. The summed E-state index contributed by atoms with van der Waals surface area (Å²) < 4.78 is 32.2. The molecule has 1 aliphatic rings. The molecule has 1 aromatic rings. The van der Waals surface area contributed by atoms with Crippen LogP contribution in [0.15, 0.2) is 29.4 Å². The molecule has 1 fully saturated rings. The number of aliphatic hydroxyl groups excluding tert-OH is 1. The van der Waals surface area contributed by atoms with E-state index in [0.717, 1.165) is 0 Å². The molecule has 1 saturated heterocycles. The second-order valence-electron chi connectivity index (χ2n) is 7.49. The molecule has 1 amide bonds. The summed E-state index contributed by atoms with van der Waals surface area (Å²) in [4.78, 5) is 15.9. The molecule has 0 radical (unpaired) electrons. The van der Waals surface area contributed by atoms with E-state index in [2.05, 4.69) is 10.3 Å². The summed E-state index contributed by atoms with van der Waals surface area (Å²) in [6.07, 6.45) is 0.666. The zero-order valence-electron chi connectivity index (χ0n) is 15.5. The Morgan fingerprint density at radius 2 is 2.04 bits per heavy atom. The standard InChI is InChI=1S/C17H27N3O5S/c1-12-8-9-13(19-16(22)25-17(2,3)4)14(21)11-20(12)26(23,24)15-7-5-6-10-18-15/h5-7,10,12-14,21H,8-9,11H2,1-4H3,(H,19,22)/t12-,13-,14+/m1/s1. The molecule has 2 heterocycles. The summed E-state index contributed by atoms with van der Waals surface area (Å²) in [7, 11) is -3.83. The predicted molar refractivity (Wildman–Crippen MR) is 96.0 cm³/mol. The number of pyridine rings is 1. The summed E-state index contributed by atoms with van der Waals surface area (Å²) in [5, 5.41) is 13.1. The number of ether oxygens (including phenoxy) is 1. The quantitative estimate of drug-likeness (QED) is 0.816. The lowest BCUT2D eigenvalue weighted by Gasteiger charge is -2.28. The van der Waals surface area contributed by atoms with Crippen LogP contribution in [0.25, 0.3) is 0 Å². The monoisotopic (exact) mass is 385 g/mol. The first-order valence-corrected chi connectivity index (χ1v) is 10.0. The van der Waals surface area contributed by atoms with Gasteiger partial charge in [0.25, 0.3) is 10.0 Å². The van der Waals surface area contributed by atoms with E-state index in [1.54, 1.807) is 39.8 Å². The van der Waals surface area contributed by atoms with Crippen molar-refractivity contribution in [3.63, 3.8) is 0 Å². The maximum atomic E-state index is 12.9. The Bertz CT molecular complexity index is 718. The van der Waals surface area contributed by atoms with Crippen LogP contribution >= 0.6 is 0 Å². The number of β-amino-alcohol motifs (C(OH)–C–C–N with tert-alkyl or cyclic N) is 1. The first kappa shape index (κ1) is 20.6. The van der Waals surface area contributed by atoms with Gasteiger partial charge in [0.15, 0.2) is 5.03 Å². The first-order chi connectivity index (χ1) is 12.0. The lowest BCUT2D eigenvalue weighted by molar-refractivity contribution is 0.0414.